The van der Waals surface area contributed by atoms with Crippen molar-refractivity contribution < 1.29 is 4.79 Å². The van der Waals surface area contributed by atoms with Crippen LogP contribution in [-0.2, 0) is 11.3 Å². The predicted octanol–water partition coefficient (Wildman–Crippen LogP) is 4.22. The molecule has 4 nitrogen and oxygen atoms in total. The van der Waals surface area contributed by atoms with Gasteiger partial charge in [0.25, 0.3) is 0 Å². The van der Waals surface area contributed by atoms with E-state index in [1.807, 2.05) is 32.0 Å². The van der Waals surface area contributed by atoms with Gasteiger partial charge in [0.2, 0.25) is 5.91 Å². The fraction of sp³-hybridized carbons (Fsp3) is 0.720. The van der Waals surface area contributed by atoms with Crippen molar-refractivity contribution in [3.8, 4) is 0 Å². The summed E-state index contributed by atoms with van der Waals surface area (Å²) in [4.78, 5) is 15.4. The maximum absolute atomic E-state index is 13.0. The normalized spacial score (nSPS) is 37.8. The number of nitrogens with one attached hydrogen (secondary N) is 2. The van der Waals surface area contributed by atoms with Gasteiger partial charge in [0.15, 0.2) is 0 Å². The maximum atomic E-state index is 13.0. The predicted molar refractivity (Wildman–Crippen MR) is 121 cm³/mol. The van der Waals surface area contributed by atoms with Gasteiger partial charge in [0.05, 0.1) is 6.04 Å². The molecule has 30 heavy (non-hydrogen) atoms. The first-order valence-corrected chi connectivity index (χ1v) is 12.4. The lowest BCUT2D eigenvalue weighted by atomic mass is 9.54. The highest BCUT2D eigenvalue weighted by molar-refractivity contribution is 6.30. The Balaban J connectivity index is 1.28. The maximum Gasteiger partial charge on any atom is 0.237 e. The lowest BCUT2D eigenvalue weighted by Gasteiger charge is -2.55. The quantitative estimate of drug-likeness (QED) is 0.711. The van der Waals surface area contributed by atoms with Crippen molar-refractivity contribution in [2.24, 2.45) is 23.7 Å². The summed E-state index contributed by atoms with van der Waals surface area (Å²) in [7, 11) is 0. The van der Waals surface area contributed by atoms with Crippen LogP contribution in [0.2, 0.25) is 5.02 Å². The highest BCUT2D eigenvalue weighted by Gasteiger charge is 2.49. The van der Waals surface area contributed by atoms with Crippen LogP contribution in [-0.4, -0.2) is 41.5 Å². The number of nitrogens with zero attached hydrogens (tertiary/aromatic N) is 1. The van der Waals surface area contributed by atoms with Crippen LogP contribution >= 0.6 is 11.6 Å². The molecule has 4 aliphatic carbocycles. The molecule has 1 aromatic rings. The second-order valence-corrected chi connectivity index (χ2v) is 11.2. The summed E-state index contributed by atoms with van der Waals surface area (Å²) in [6.45, 7) is 5.79. The van der Waals surface area contributed by atoms with Gasteiger partial charge in [0, 0.05) is 36.2 Å². The Morgan fingerprint density at radius 2 is 1.80 bits per heavy atom. The third-order valence-corrected chi connectivity index (χ3v) is 8.30. The van der Waals surface area contributed by atoms with Crippen LogP contribution in [0, 0.1) is 23.7 Å². The summed E-state index contributed by atoms with van der Waals surface area (Å²) in [5.41, 5.74) is 1.18. The number of benzene rings is 1. The van der Waals surface area contributed by atoms with Crippen molar-refractivity contribution in [3.63, 3.8) is 0 Å². The van der Waals surface area contributed by atoms with E-state index in [0.717, 1.165) is 48.2 Å². The topological polar surface area (TPSA) is 44.4 Å². The summed E-state index contributed by atoms with van der Waals surface area (Å²) in [6.07, 6.45) is 8.12. The number of rotatable bonds is 6. The molecular weight excluding hydrogens is 394 g/mol. The van der Waals surface area contributed by atoms with E-state index in [2.05, 4.69) is 21.6 Å². The molecule has 2 N–H and O–H groups in total. The van der Waals surface area contributed by atoms with Crippen LogP contribution in [0.4, 0.5) is 0 Å². The molecule has 164 valence electrons. The second-order valence-electron chi connectivity index (χ2n) is 10.8. The van der Waals surface area contributed by atoms with E-state index in [1.54, 1.807) is 0 Å². The van der Waals surface area contributed by atoms with E-state index in [4.69, 9.17) is 11.6 Å². The number of carbonyl (C=O) groups is 1. The molecule has 2 atom stereocenters. The first-order valence-electron chi connectivity index (χ1n) is 12.0. The highest BCUT2D eigenvalue weighted by Crippen LogP contribution is 2.53. The van der Waals surface area contributed by atoms with Gasteiger partial charge in [0.1, 0.15) is 0 Å². The van der Waals surface area contributed by atoms with Crippen molar-refractivity contribution in [1.82, 2.24) is 15.5 Å². The van der Waals surface area contributed by atoms with Crippen LogP contribution in [0.3, 0.4) is 0 Å². The van der Waals surface area contributed by atoms with Crippen LogP contribution in [0.25, 0.3) is 0 Å². The summed E-state index contributed by atoms with van der Waals surface area (Å²) in [5, 5.41) is 7.99. The lowest BCUT2D eigenvalue weighted by Crippen LogP contribution is -2.57. The van der Waals surface area contributed by atoms with Gasteiger partial charge < -0.3 is 10.6 Å². The Morgan fingerprint density at radius 1 is 1.10 bits per heavy atom. The molecule has 4 bridgehead atoms. The Labute approximate surface area is 186 Å². The Bertz CT molecular complexity index is 753. The highest BCUT2D eigenvalue weighted by atomic mass is 35.5. The summed E-state index contributed by atoms with van der Waals surface area (Å²) in [6, 6.07) is 9.22. The van der Waals surface area contributed by atoms with Crippen molar-refractivity contribution in [2.45, 2.75) is 83.1 Å². The number of halogens is 1. The molecule has 5 aliphatic rings. The number of hydrogen-bond acceptors (Lipinski definition) is 3. The first-order chi connectivity index (χ1) is 14.4. The standard InChI is InChI=1S/C25H36ClN3O/c1-15(2)27-25(30)23-12-22(14-29(23)13-16-4-3-5-21(26)11-16)28-24-19-7-17-6-18(9-19)10-20(24)8-17/h3-5,11,15,17-20,22-24,28H,6-10,12-14H2,1-2H3,(H,27,30)/t17?,18?,19?,20?,22-,23+,24?/m1/s1. The molecule has 0 aromatic heterocycles. The number of likely N-dealkylation sites (tertiary alicyclic amines) is 1. The zero-order chi connectivity index (χ0) is 20.8. The van der Waals surface area contributed by atoms with Crippen LogP contribution in [0.15, 0.2) is 24.3 Å². The van der Waals surface area contributed by atoms with Crippen LogP contribution in [0.1, 0.15) is 57.9 Å². The van der Waals surface area contributed by atoms with E-state index >= 15 is 0 Å². The van der Waals surface area contributed by atoms with Crippen molar-refractivity contribution in [1.29, 1.82) is 0 Å². The summed E-state index contributed by atoms with van der Waals surface area (Å²) < 4.78 is 0. The first kappa shape index (κ1) is 20.8. The minimum Gasteiger partial charge on any atom is -0.353 e. The van der Waals surface area contributed by atoms with E-state index < -0.39 is 0 Å². The fourth-order valence-electron chi connectivity index (χ4n) is 7.19. The molecule has 5 heteroatoms. The van der Waals surface area contributed by atoms with E-state index in [9.17, 15) is 4.79 Å². The number of hydrogen-bond donors (Lipinski definition) is 2. The van der Waals surface area contributed by atoms with Crippen LogP contribution in [0.5, 0.6) is 0 Å². The fourth-order valence-corrected chi connectivity index (χ4v) is 7.40. The zero-order valence-electron chi connectivity index (χ0n) is 18.3. The third kappa shape index (κ3) is 4.28. The smallest absolute Gasteiger partial charge is 0.237 e. The molecule has 4 saturated carbocycles. The van der Waals surface area contributed by atoms with Gasteiger partial charge in [-0.2, -0.15) is 0 Å². The molecule has 1 aromatic carbocycles. The summed E-state index contributed by atoms with van der Waals surface area (Å²) >= 11 is 6.22. The SMILES string of the molecule is CC(C)NC(=O)[C@@H]1C[C@@H](NC2C3CC4CC(C3)CC2C4)CN1Cc1cccc(Cl)c1. The molecule has 6 rings (SSSR count). The molecule has 5 fully saturated rings. The van der Waals surface area contributed by atoms with Gasteiger partial charge in [-0.3, -0.25) is 9.69 Å². The second kappa shape index (κ2) is 8.44. The minimum atomic E-state index is -0.0688. The monoisotopic (exact) mass is 429 g/mol. The van der Waals surface area contributed by atoms with Crippen LogP contribution < -0.4 is 10.6 Å². The number of amides is 1. The van der Waals surface area contributed by atoms with Crippen molar-refractivity contribution in [3.05, 3.63) is 34.9 Å². The average molecular weight is 430 g/mol. The number of carbonyl (C=O) groups excluding carboxylic acids is 1. The molecule has 1 amide bonds. The zero-order valence-corrected chi connectivity index (χ0v) is 19.1. The minimum absolute atomic E-state index is 0.0688. The van der Waals surface area contributed by atoms with Gasteiger partial charge in [-0.15, -0.1) is 0 Å². The average Bonchev–Trinajstić information content (AvgIpc) is 3.06. The van der Waals surface area contributed by atoms with Gasteiger partial charge in [-0.05, 0) is 93.7 Å². The summed E-state index contributed by atoms with van der Waals surface area (Å²) in [5.74, 6) is 3.90. The molecule has 0 radical (unpaired) electrons. The van der Waals surface area contributed by atoms with Gasteiger partial charge in [-0.25, -0.2) is 0 Å². The van der Waals surface area contributed by atoms with Crippen molar-refractivity contribution >= 4 is 17.5 Å². The third-order valence-electron chi connectivity index (χ3n) is 8.07. The molecule has 1 aliphatic heterocycles. The lowest BCUT2D eigenvalue weighted by molar-refractivity contribution is -0.126. The molecule has 1 heterocycles. The molecule has 0 spiro atoms. The molecule has 1 saturated heterocycles. The Morgan fingerprint density at radius 3 is 2.43 bits per heavy atom. The van der Waals surface area contributed by atoms with Crippen molar-refractivity contribution in [2.75, 3.05) is 6.54 Å². The molecule has 0 unspecified atom stereocenters. The van der Waals surface area contributed by atoms with E-state index in [1.165, 1.54) is 37.7 Å². The largest absolute Gasteiger partial charge is 0.353 e. The Kier molecular flexibility index (Phi) is 5.85. The van der Waals surface area contributed by atoms with E-state index in [-0.39, 0.29) is 18.0 Å². The van der Waals surface area contributed by atoms with E-state index in [0.29, 0.717) is 12.1 Å². The Hall–Kier alpha value is -1.10. The van der Waals surface area contributed by atoms with Gasteiger partial charge in [-0.1, -0.05) is 23.7 Å². The van der Waals surface area contributed by atoms with Gasteiger partial charge >= 0.3 is 0 Å². The molecular formula is C25H36ClN3O.